The SMILES string of the molecule is CC(C)C[C@H](NC(=O)[C@@H]1CCCN1C(=O)[C@H](CO)NC(=O)[C@@H](N)CCC(N)=O)C(=O)N[C@@H](CO)C(=O)N[C@@H](CO)C(=O)N[C@@H](CCC(N)=O)C(=O)N[C@@H](CO)C(=O)N1CCC[C@H]1C(=O)N[C@@H](C)C(=O)O. The van der Waals surface area contributed by atoms with Crippen molar-refractivity contribution in [1.29, 1.82) is 0 Å². The number of aliphatic hydroxyl groups is 4. The molecule has 2 rings (SSSR count). The Hall–Kier alpha value is -6.56. The van der Waals surface area contributed by atoms with Gasteiger partial charge in [-0.3, -0.25) is 57.5 Å². The van der Waals surface area contributed by atoms with Crippen molar-refractivity contribution in [3.63, 3.8) is 0 Å². The van der Waals surface area contributed by atoms with E-state index in [0.717, 1.165) is 9.80 Å². The van der Waals surface area contributed by atoms with Gasteiger partial charge in [0.1, 0.15) is 54.4 Å². The molecule has 2 heterocycles. The topological polar surface area (TPSA) is 475 Å². The highest BCUT2D eigenvalue weighted by Crippen LogP contribution is 2.21. The van der Waals surface area contributed by atoms with Crippen molar-refractivity contribution in [3.05, 3.63) is 0 Å². The zero-order valence-corrected chi connectivity index (χ0v) is 39.2. The van der Waals surface area contributed by atoms with Crippen LogP contribution >= 0.6 is 0 Å². The molecule has 2 fully saturated rings. The fourth-order valence-electron chi connectivity index (χ4n) is 7.46. The van der Waals surface area contributed by atoms with Gasteiger partial charge in [0, 0.05) is 25.9 Å². The molecule has 70 heavy (non-hydrogen) atoms. The van der Waals surface area contributed by atoms with Gasteiger partial charge in [-0.25, -0.2) is 0 Å². The number of carbonyl (C=O) groups excluding carboxylic acids is 11. The van der Waals surface area contributed by atoms with Gasteiger partial charge in [-0.05, 0) is 57.8 Å². The van der Waals surface area contributed by atoms with Crippen molar-refractivity contribution in [2.75, 3.05) is 39.5 Å². The van der Waals surface area contributed by atoms with Gasteiger partial charge in [0.15, 0.2) is 0 Å². The second-order valence-corrected chi connectivity index (χ2v) is 17.3. The molecule has 0 radical (unpaired) electrons. The fourth-order valence-corrected chi connectivity index (χ4v) is 7.46. The lowest BCUT2D eigenvalue weighted by Crippen LogP contribution is -2.61. The molecule has 29 heteroatoms. The first-order valence-electron chi connectivity index (χ1n) is 22.6. The third-order valence-corrected chi connectivity index (χ3v) is 11.3. The van der Waals surface area contributed by atoms with E-state index in [1.54, 1.807) is 13.8 Å². The lowest BCUT2D eigenvalue weighted by molar-refractivity contribution is -0.145. The number of hydrogen-bond donors (Lipinski definition) is 15. The number of carboxylic acids is 1. The predicted molar refractivity (Wildman–Crippen MR) is 239 cm³/mol. The lowest BCUT2D eigenvalue weighted by atomic mass is 10.0. The van der Waals surface area contributed by atoms with E-state index in [0.29, 0.717) is 12.8 Å². The Morgan fingerprint density at radius 2 is 0.886 bits per heavy atom. The number of nitrogens with two attached hydrogens (primary N) is 3. The van der Waals surface area contributed by atoms with Crippen LogP contribution in [-0.4, -0.2) is 206 Å². The van der Waals surface area contributed by atoms with Crippen LogP contribution in [-0.2, 0) is 57.5 Å². The first kappa shape index (κ1) is 59.6. The molecule has 2 saturated heterocycles. The van der Waals surface area contributed by atoms with Crippen LogP contribution in [0, 0.1) is 5.92 Å². The van der Waals surface area contributed by atoms with E-state index in [-0.39, 0.29) is 51.1 Å². The molecule has 0 aromatic rings. The Bertz CT molecular complexity index is 1920. The molecule has 0 aromatic heterocycles. The van der Waals surface area contributed by atoms with Crippen LogP contribution < -0.4 is 54.4 Å². The van der Waals surface area contributed by atoms with E-state index in [1.807, 2.05) is 0 Å². The van der Waals surface area contributed by atoms with Crippen molar-refractivity contribution in [2.24, 2.45) is 23.1 Å². The molecule has 0 spiro atoms. The Balaban J connectivity index is 2.17. The second-order valence-electron chi connectivity index (χ2n) is 17.3. The Labute approximate surface area is 402 Å². The van der Waals surface area contributed by atoms with Crippen LogP contribution in [0.25, 0.3) is 0 Å². The minimum atomic E-state index is -1.88. The molecule has 394 valence electrons. The summed E-state index contributed by atoms with van der Waals surface area (Å²) in [5, 5.41) is 65.4. The molecule has 29 nitrogen and oxygen atoms in total. The van der Waals surface area contributed by atoms with Crippen LogP contribution in [0.3, 0.4) is 0 Å². The molecule has 2 aliphatic rings. The van der Waals surface area contributed by atoms with E-state index in [4.69, 9.17) is 22.3 Å². The van der Waals surface area contributed by atoms with Gasteiger partial charge >= 0.3 is 5.97 Å². The maximum Gasteiger partial charge on any atom is 0.325 e. The first-order chi connectivity index (χ1) is 32.9. The molecule has 0 saturated carbocycles. The number of rotatable bonds is 29. The molecule has 0 unspecified atom stereocenters. The van der Waals surface area contributed by atoms with Gasteiger partial charge in [-0.1, -0.05) is 13.8 Å². The van der Waals surface area contributed by atoms with Crippen molar-refractivity contribution < 1.29 is 83.1 Å². The summed E-state index contributed by atoms with van der Waals surface area (Å²) in [5.41, 5.74) is 16.1. The highest BCUT2D eigenvalue weighted by molar-refractivity contribution is 5.99. The monoisotopic (exact) mass is 1000 g/mol. The van der Waals surface area contributed by atoms with E-state index in [1.165, 1.54) is 6.92 Å². The summed E-state index contributed by atoms with van der Waals surface area (Å²) in [7, 11) is 0. The number of aliphatic hydroxyl groups excluding tert-OH is 4. The number of carbonyl (C=O) groups is 12. The quantitative estimate of drug-likeness (QED) is 0.0331. The number of primary amides is 2. The summed E-state index contributed by atoms with van der Waals surface area (Å²) < 4.78 is 0. The number of hydrogen-bond acceptors (Lipinski definition) is 17. The van der Waals surface area contributed by atoms with Crippen LogP contribution in [0.4, 0.5) is 0 Å². The number of aliphatic carboxylic acids is 1. The highest BCUT2D eigenvalue weighted by Gasteiger charge is 2.41. The number of carboxylic acid groups (broad SMARTS) is 1. The zero-order chi connectivity index (χ0) is 53.0. The summed E-state index contributed by atoms with van der Waals surface area (Å²) in [4.78, 5) is 156. The molecular weight excluding hydrogens is 933 g/mol. The standard InChI is InChI=1S/C41H68N12O17/c1-19(2)14-23(47-38(66)29-7-5-13-53(29)39(67)26(17-56)50-32(60)21(42)8-10-30(43)58)34(62)48-25(16-55)36(64)49-24(15-54)35(63)46-22(9-11-31(44)59)33(61)51-27(18-57)40(68)52-12-4-6-28(52)37(65)45-20(3)41(69)70/h19-29,54-57H,4-18,42H2,1-3H3,(H2,43,58)(H2,44,59)(H,45,65)(H,46,63)(H,47,66)(H,48,62)(H,49,64)(H,50,60)(H,51,61)(H,69,70)/t20-,21-,22-,23-,24-,25-,26-,27-,28-,29-/m0/s1. The summed E-state index contributed by atoms with van der Waals surface area (Å²) in [6.07, 6.45) is -0.498. The van der Waals surface area contributed by atoms with Crippen LogP contribution in [0.2, 0.25) is 0 Å². The average Bonchev–Trinajstić information content (AvgIpc) is 4.01. The predicted octanol–water partition coefficient (Wildman–Crippen LogP) is -8.66. The minimum absolute atomic E-state index is 0.00425. The Kier molecular flexibility index (Phi) is 24.5. The number of nitrogens with zero attached hydrogens (tertiary/aromatic N) is 2. The number of likely N-dealkylation sites (tertiary alicyclic amines) is 2. The Morgan fingerprint density at radius 3 is 1.30 bits per heavy atom. The lowest BCUT2D eigenvalue weighted by Gasteiger charge is -2.30. The van der Waals surface area contributed by atoms with Crippen LogP contribution in [0.5, 0.6) is 0 Å². The van der Waals surface area contributed by atoms with Gasteiger partial charge in [-0.2, -0.15) is 0 Å². The summed E-state index contributed by atoms with van der Waals surface area (Å²) in [6.45, 7) is 0.564. The van der Waals surface area contributed by atoms with Crippen molar-refractivity contribution in [1.82, 2.24) is 47.0 Å². The smallest absolute Gasteiger partial charge is 0.325 e. The maximum atomic E-state index is 13.7. The van der Waals surface area contributed by atoms with Crippen LogP contribution in [0.15, 0.2) is 0 Å². The summed E-state index contributed by atoms with van der Waals surface area (Å²) in [5.74, 6) is -12.1. The number of nitrogens with one attached hydrogen (secondary N) is 7. The fraction of sp³-hybridized carbons (Fsp3) is 0.707. The second kappa shape index (κ2) is 28.8. The zero-order valence-electron chi connectivity index (χ0n) is 39.2. The molecular formula is C41H68N12O17. The van der Waals surface area contributed by atoms with E-state index in [2.05, 4.69) is 37.2 Å². The van der Waals surface area contributed by atoms with Crippen molar-refractivity contribution in [3.8, 4) is 0 Å². The summed E-state index contributed by atoms with van der Waals surface area (Å²) >= 11 is 0. The molecule has 10 atom stereocenters. The first-order valence-corrected chi connectivity index (χ1v) is 22.6. The van der Waals surface area contributed by atoms with Gasteiger partial charge in [0.2, 0.25) is 65.0 Å². The van der Waals surface area contributed by atoms with Gasteiger partial charge in [0.05, 0.1) is 32.5 Å². The normalized spacial score (nSPS) is 18.9. The third kappa shape index (κ3) is 18.1. The maximum absolute atomic E-state index is 13.7. The third-order valence-electron chi connectivity index (χ3n) is 11.3. The minimum Gasteiger partial charge on any atom is -0.480 e. The molecule has 0 bridgehead atoms. The van der Waals surface area contributed by atoms with Gasteiger partial charge in [0.25, 0.3) is 0 Å². The van der Waals surface area contributed by atoms with Crippen LogP contribution in [0.1, 0.15) is 78.6 Å². The average molecular weight is 1000 g/mol. The van der Waals surface area contributed by atoms with E-state index in [9.17, 15) is 78.0 Å². The largest absolute Gasteiger partial charge is 0.480 e. The molecule has 2 aliphatic heterocycles. The van der Waals surface area contributed by atoms with Crippen molar-refractivity contribution in [2.45, 2.75) is 139 Å². The highest BCUT2D eigenvalue weighted by atomic mass is 16.4. The van der Waals surface area contributed by atoms with Gasteiger partial charge < -0.3 is 89.8 Å². The molecule has 18 N–H and O–H groups in total. The van der Waals surface area contributed by atoms with Crippen molar-refractivity contribution >= 4 is 70.9 Å². The molecule has 0 aromatic carbocycles. The molecule has 0 aliphatic carbocycles. The molecule has 11 amide bonds. The van der Waals surface area contributed by atoms with E-state index >= 15 is 0 Å². The number of amides is 11. The van der Waals surface area contributed by atoms with Gasteiger partial charge in [-0.15, -0.1) is 0 Å². The van der Waals surface area contributed by atoms with E-state index < -0.39 is 171 Å². The Morgan fingerprint density at radius 1 is 0.514 bits per heavy atom. The summed E-state index contributed by atoms with van der Waals surface area (Å²) in [6, 6.07) is -14.9.